The molecule has 0 aromatic heterocycles. The number of aromatic hydroxyl groups is 1. The van der Waals surface area contributed by atoms with Crippen LogP contribution in [0.15, 0.2) is 18.2 Å². The second kappa shape index (κ2) is 4.11. The van der Waals surface area contributed by atoms with E-state index in [9.17, 15) is 10.2 Å². The smallest absolute Gasteiger partial charge is 0.121 e. The molecule has 0 aliphatic rings. The lowest BCUT2D eigenvalue weighted by Gasteiger charge is -2.26. The summed E-state index contributed by atoms with van der Waals surface area (Å²) in [4.78, 5) is 0. The molecule has 0 aliphatic heterocycles. The van der Waals surface area contributed by atoms with Crippen molar-refractivity contribution in [3.05, 3.63) is 23.8 Å². The summed E-state index contributed by atoms with van der Waals surface area (Å²) in [6, 6.07) is 4.85. The van der Waals surface area contributed by atoms with Crippen molar-refractivity contribution >= 4 is 0 Å². The number of phenolic OH excluding ortho intramolecular Hbond substituents is 1. The predicted octanol–water partition coefficient (Wildman–Crippen LogP) is 2.48. The molecule has 0 amide bonds. The molecule has 0 saturated carbocycles. The molecular weight excluding hydrogens is 192 g/mol. The highest BCUT2D eigenvalue weighted by atomic mass is 16.5. The van der Waals surface area contributed by atoms with E-state index in [4.69, 9.17) is 4.74 Å². The van der Waals surface area contributed by atoms with Gasteiger partial charge in [-0.05, 0) is 23.6 Å². The predicted molar refractivity (Wildman–Crippen MR) is 59.1 cm³/mol. The normalized spacial score (nSPS) is 13.7. The number of hydrogen-bond donors (Lipinski definition) is 2. The van der Waals surface area contributed by atoms with Crippen molar-refractivity contribution in [1.29, 1.82) is 0 Å². The molecule has 15 heavy (non-hydrogen) atoms. The molecule has 1 aromatic rings. The highest BCUT2D eigenvalue weighted by Gasteiger charge is 2.26. The summed E-state index contributed by atoms with van der Waals surface area (Å²) in [5.74, 6) is 0.726. The Bertz CT molecular complexity index is 339. The van der Waals surface area contributed by atoms with Gasteiger partial charge in [-0.1, -0.05) is 20.8 Å². The molecular formula is C12H18O3. The Kier molecular flexibility index (Phi) is 3.25. The van der Waals surface area contributed by atoms with Crippen LogP contribution in [0.3, 0.4) is 0 Å². The monoisotopic (exact) mass is 210 g/mol. The van der Waals surface area contributed by atoms with E-state index >= 15 is 0 Å². The highest BCUT2D eigenvalue weighted by Crippen LogP contribution is 2.38. The molecule has 1 aromatic carbocycles. The fraction of sp³-hybridized carbons (Fsp3) is 0.500. The number of hydrogen-bond acceptors (Lipinski definition) is 3. The van der Waals surface area contributed by atoms with Crippen molar-refractivity contribution in [2.75, 3.05) is 7.11 Å². The number of ether oxygens (including phenoxy) is 1. The van der Waals surface area contributed by atoms with E-state index in [1.54, 1.807) is 19.2 Å². The number of aliphatic hydroxyl groups excluding tert-OH is 1. The van der Waals surface area contributed by atoms with Crippen molar-refractivity contribution in [2.45, 2.75) is 26.9 Å². The van der Waals surface area contributed by atoms with Gasteiger partial charge in [0, 0.05) is 5.56 Å². The summed E-state index contributed by atoms with van der Waals surface area (Å²) < 4.78 is 5.05. The van der Waals surface area contributed by atoms with E-state index in [1.165, 1.54) is 6.07 Å². The third-order valence-corrected chi connectivity index (χ3v) is 2.35. The average Bonchev–Trinajstić information content (AvgIpc) is 2.16. The molecule has 0 spiro atoms. The van der Waals surface area contributed by atoms with Crippen molar-refractivity contribution in [3.63, 3.8) is 0 Å². The lowest BCUT2D eigenvalue weighted by atomic mass is 9.84. The van der Waals surface area contributed by atoms with Gasteiger partial charge < -0.3 is 14.9 Å². The number of phenols is 1. The maximum absolute atomic E-state index is 10.0. The lowest BCUT2D eigenvalue weighted by molar-refractivity contribution is 0.0603. The first-order valence-corrected chi connectivity index (χ1v) is 4.91. The second-order valence-electron chi connectivity index (χ2n) is 4.69. The molecule has 0 radical (unpaired) electrons. The van der Waals surface area contributed by atoms with Gasteiger partial charge in [-0.2, -0.15) is 0 Å². The van der Waals surface area contributed by atoms with Crippen molar-refractivity contribution in [3.8, 4) is 11.5 Å². The number of rotatable bonds is 2. The summed E-state index contributed by atoms with van der Waals surface area (Å²) in [6.45, 7) is 5.74. The van der Waals surface area contributed by atoms with Crippen molar-refractivity contribution < 1.29 is 14.9 Å². The van der Waals surface area contributed by atoms with Crippen LogP contribution in [0.4, 0.5) is 0 Å². The molecule has 0 aliphatic carbocycles. The standard InChI is InChI=1S/C12H18O3/c1-12(2,3)11(14)9-7-8(15-4)5-6-10(9)13/h5-7,11,13-14H,1-4H3. The third-order valence-electron chi connectivity index (χ3n) is 2.35. The van der Waals surface area contributed by atoms with Crippen LogP contribution in [0.25, 0.3) is 0 Å². The van der Waals surface area contributed by atoms with Crippen LogP contribution in [0.2, 0.25) is 0 Å². The van der Waals surface area contributed by atoms with Gasteiger partial charge in [0.15, 0.2) is 0 Å². The molecule has 2 N–H and O–H groups in total. The zero-order valence-electron chi connectivity index (χ0n) is 9.61. The summed E-state index contributed by atoms with van der Waals surface area (Å²) in [5.41, 5.74) is 0.186. The number of methoxy groups -OCH3 is 1. The van der Waals surface area contributed by atoms with Gasteiger partial charge in [-0.15, -0.1) is 0 Å². The fourth-order valence-electron chi connectivity index (χ4n) is 1.35. The maximum Gasteiger partial charge on any atom is 0.121 e. The topological polar surface area (TPSA) is 49.7 Å². The number of aliphatic hydroxyl groups is 1. The van der Waals surface area contributed by atoms with Crippen LogP contribution in [0.1, 0.15) is 32.4 Å². The van der Waals surface area contributed by atoms with Crippen LogP contribution in [-0.2, 0) is 0 Å². The highest BCUT2D eigenvalue weighted by molar-refractivity contribution is 5.41. The minimum absolute atomic E-state index is 0.0956. The van der Waals surface area contributed by atoms with E-state index in [2.05, 4.69) is 0 Å². The van der Waals surface area contributed by atoms with E-state index < -0.39 is 6.10 Å². The van der Waals surface area contributed by atoms with Crippen LogP contribution in [-0.4, -0.2) is 17.3 Å². The fourth-order valence-corrected chi connectivity index (χ4v) is 1.35. The quantitative estimate of drug-likeness (QED) is 0.788. The average molecular weight is 210 g/mol. The largest absolute Gasteiger partial charge is 0.508 e. The minimum atomic E-state index is -0.715. The SMILES string of the molecule is COc1ccc(O)c(C(O)C(C)(C)C)c1. The summed E-state index contributed by atoms with van der Waals surface area (Å²) in [5, 5.41) is 19.7. The Morgan fingerprint density at radius 3 is 2.33 bits per heavy atom. The molecule has 0 bridgehead atoms. The molecule has 84 valence electrons. The van der Waals surface area contributed by atoms with E-state index in [1.807, 2.05) is 20.8 Å². The second-order valence-corrected chi connectivity index (χ2v) is 4.69. The Hall–Kier alpha value is -1.22. The molecule has 0 saturated heterocycles. The van der Waals surface area contributed by atoms with Gasteiger partial charge in [0.05, 0.1) is 13.2 Å². The van der Waals surface area contributed by atoms with Gasteiger partial charge in [0.2, 0.25) is 0 Å². The molecule has 3 nitrogen and oxygen atoms in total. The first-order valence-electron chi connectivity index (χ1n) is 4.91. The van der Waals surface area contributed by atoms with Gasteiger partial charge in [-0.25, -0.2) is 0 Å². The van der Waals surface area contributed by atoms with Crippen LogP contribution < -0.4 is 4.74 Å². The lowest BCUT2D eigenvalue weighted by Crippen LogP contribution is -2.17. The van der Waals surface area contributed by atoms with Gasteiger partial charge >= 0.3 is 0 Å². The molecule has 1 atom stereocenters. The van der Waals surface area contributed by atoms with E-state index in [-0.39, 0.29) is 11.2 Å². The Morgan fingerprint density at radius 1 is 1.27 bits per heavy atom. The van der Waals surface area contributed by atoms with Crippen LogP contribution in [0.5, 0.6) is 11.5 Å². The van der Waals surface area contributed by atoms with Crippen molar-refractivity contribution in [1.82, 2.24) is 0 Å². The number of benzene rings is 1. The van der Waals surface area contributed by atoms with E-state index in [0.717, 1.165) is 0 Å². The van der Waals surface area contributed by atoms with Gasteiger partial charge in [0.1, 0.15) is 11.5 Å². The molecule has 3 heteroatoms. The molecule has 0 heterocycles. The van der Waals surface area contributed by atoms with Crippen LogP contribution in [0, 0.1) is 5.41 Å². The van der Waals surface area contributed by atoms with Gasteiger partial charge in [0.25, 0.3) is 0 Å². The molecule has 1 unspecified atom stereocenters. The van der Waals surface area contributed by atoms with Crippen molar-refractivity contribution in [2.24, 2.45) is 5.41 Å². The Morgan fingerprint density at radius 2 is 1.87 bits per heavy atom. The molecule has 0 fully saturated rings. The Balaban J connectivity index is 3.12. The first-order chi connectivity index (χ1) is 6.86. The summed E-state index contributed by atoms with van der Waals surface area (Å²) in [6.07, 6.45) is -0.715. The molecule has 1 rings (SSSR count). The summed E-state index contributed by atoms with van der Waals surface area (Å²) >= 11 is 0. The van der Waals surface area contributed by atoms with Crippen LogP contribution >= 0.6 is 0 Å². The van der Waals surface area contributed by atoms with E-state index in [0.29, 0.717) is 11.3 Å². The minimum Gasteiger partial charge on any atom is -0.508 e. The Labute approximate surface area is 90.3 Å². The zero-order valence-corrected chi connectivity index (χ0v) is 9.61. The maximum atomic E-state index is 10.0. The third kappa shape index (κ3) is 2.63. The summed E-state index contributed by atoms with van der Waals surface area (Å²) in [7, 11) is 1.56. The first kappa shape index (κ1) is 11.9. The van der Waals surface area contributed by atoms with Gasteiger partial charge in [-0.3, -0.25) is 0 Å². The zero-order chi connectivity index (χ0) is 11.6.